The fourth-order valence-electron chi connectivity index (χ4n) is 3.55. The Kier molecular flexibility index (Phi) is 5.76. The molecule has 8 nitrogen and oxygen atoms in total. The lowest BCUT2D eigenvalue weighted by Crippen LogP contribution is -2.54. The van der Waals surface area contributed by atoms with E-state index in [1.807, 2.05) is 35.2 Å². The summed E-state index contributed by atoms with van der Waals surface area (Å²) in [6.45, 7) is 3.39. The van der Waals surface area contributed by atoms with Gasteiger partial charge in [-0.1, -0.05) is 30.3 Å². The van der Waals surface area contributed by atoms with Gasteiger partial charge in [-0.3, -0.25) is 15.0 Å². The Morgan fingerprint density at radius 3 is 2.33 bits per heavy atom. The van der Waals surface area contributed by atoms with Gasteiger partial charge in [0.05, 0.1) is 10.9 Å². The zero-order chi connectivity index (χ0) is 21.1. The second-order valence-electron chi connectivity index (χ2n) is 7.19. The van der Waals surface area contributed by atoms with Crippen LogP contribution in [0.25, 0.3) is 10.8 Å². The van der Waals surface area contributed by atoms with Crippen LogP contribution in [-0.2, 0) is 14.8 Å². The minimum absolute atomic E-state index is 0.216. The highest BCUT2D eigenvalue weighted by atomic mass is 32.2. The van der Waals surface area contributed by atoms with Crippen LogP contribution in [-0.4, -0.2) is 65.7 Å². The van der Waals surface area contributed by atoms with E-state index < -0.39 is 16.1 Å². The van der Waals surface area contributed by atoms with Crippen molar-refractivity contribution in [1.29, 1.82) is 0 Å². The molecule has 0 bridgehead atoms. The topological polar surface area (TPSA) is 95.5 Å². The van der Waals surface area contributed by atoms with Crippen LogP contribution in [0.2, 0.25) is 0 Å². The van der Waals surface area contributed by atoms with Gasteiger partial charge in [0.25, 0.3) is 0 Å². The van der Waals surface area contributed by atoms with Crippen molar-refractivity contribution < 1.29 is 13.2 Å². The lowest BCUT2D eigenvalue weighted by Gasteiger charge is -2.36. The number of amides is 1. The molecular formula is C21H23N5O3S. The second kappa shape index (κ2) is 8.47. The number of benzene rings is 2. The molecule has 1 fully saturated rings. The molecular weight excluding hydrogens is 402 g/mol. The van der Waals surface area contributed by atoms with E-state index >= 15 is 0 Å². The Bertz CT molecular complexity index is 1150. The summed E-state index contributed by atoms with van der Waals surface area (Å²) in [4.78, 5) is 22.7. The minimum atomic E-state index is -3.59. The van der Waals surface area contributed by atoms with Crippen molar-refractivity contribution in [1.82, 2.24) is 19.2 Å². The van der Waals surface area contributed by atoms with Gasteiger partial charge in [0, 0.05) is 38.6 Å². The molecule has 0 aliphatic carbocycles. The van der Waals surface area contributed by atoms with Crippen LogP contribution in [0.3, 0.4) is 0 Å². The van der Waals surface area contributed by atoms with Crippen molar-refractivity contribution in [3.05, 3.63) is 60.9 Å². The number of fused-ring (bicyclic) bond motifs is 1. The zero-order valence-corrected chi connectivity index (χ0v) is 17.4. The van der Waals surface area contributed by atoms with Crippen LogP contribution < -0.4 is 5.32 Å². The summed E-state index contributed by atoms with van der Waals surface area (Å²) in [5.41, 5.74) is 0. The van der Waals surface area contributed by atoms with Crippen LogP contribution in [0, 0.1) is 0 Å². The quantitative estimate of drug-likeness (QED) is 0.671. The highest BCUT2D eigenvalue weighted by Gasteiger charge is 2.32. The molecule has 1 aromatic heterocycles. The summed E-state index contributed by atoms with van der Waals surface area (Å²) >= 11 is 0. The molecule has 1 aliphatic rings. The molecule has 1 N–H and O–H groups in total. The van der Waals surface area contributed by atoms with Gasteiger partial charge in [-0.05, 0) is 35.9 Å². The van der Waals surface area contributed by atoms with Crippen molar-refractivity contribution >= 4 is 32.7 Å². The normalized spacial score (nSPS) is 17.0. The summed E-state index contributed by atoms with van der Waals surface area (Å²) in [5, 5.41) is 4.59. The molecule has 0 spiro atoms. The Labute approximate surface area is 175 Å². The Hall–Kier alpha value is -2.88. The predicted octanol–water partition coefficient (Wildman–Crippen LogP) is 1.96. The van der Waals surface area contributed by atoms with Gasteiger partial charge >= 0.3 is 0 Å². The molecule has 1 aliphatic heterocycles. The van der Waals surface area contributed by atoms with Gasteiger partial charge in [0.1, 0.15) is 0 Å². The number of carbonyl (C=O) groups excluding carboxylic acids is 1. The maximum Gasteiger partial charge on any atom is 0.243 e. The van der Waals surface area contributed by atoms with E-state index in [2.05, 4.69) is 15.3 Å². The molecule has 3 aromatic rings. The zero-order valence-electron chi connectivity index (χ0n) is 16.6. The molecule has 1 amide bonds. The number of anilines is 1. The molecule has 2 heterocycles. The number of carbonyl (C=O) groups is 1. The van der Waals surface area contributed by atoms with Gasteiger partial charge in [0.15, 0.2) is 0 Å². The predicted molar refractivity (Wildman–Crippen MR) is 114 cm³/mol. The highest BCUT2D eigenvalue weighted by molar-refractivity contribution is 7.89. The average molecular weight is 426 g/mol. The summed E-state index contributed by atoms with van der Waals surface area (Å²) in [6.07, 6.45) is 3.12. The first-order valence-electron chi connectivity index (χ1n) is 9.76. The maximum absolute atomic E-state index is 13.1. The average Bonchev–Trinajstić information content (AvgIpc) is 2.79. The minimum Gasteiger partial charge on any atom is -0.293 e. The van der Waals surface area contributed by atoms with Crippen molar-refractivity contribution in [3.8, 4) is 0 Å². The van der Waals surface area contributed by atoms with Gasteiger partial charge in [0.2, 0.25) is 21.9 Å². The molecule has 1 atom stereocenters. The first-order chi connectivity index (χ1) is 14.4. The van der Waals surface area contributed by atoms with Gasteiger partial charge in [-0.2, -0.15) is 4.31 Å². The van der Waals surface area contributed by atoms with Gasteiger partial charge in [-0.15, -0.1) is 0 Å². The molecule has 1 saturated heterocycles. The third-order valence-electron chi connectivity index (χ3n) is 5.36. The summed E-state index contributed by atoms with van der Waals surface area (Å²) in [5.74, 6) is 0.0407. The van der Waals surface area contributed by atoms with Crippen molar-refractivity contribution in [2.24, 2.45) is 0 Å². The molecule has 30 heavy (non-hydrogen) atoms. The van der Waals surface area contributed by atoms with Gasteiger partial charge < -0.3 is 0 Å². The fourth-order valence-corrected chi connectivity index (χ4v) is 5.01. The summed E-state index contributed by atoms with van der Waals surface area (Å²) < 4.78 is 27.7. The Balaban J connectivity index is 1.41. The third-order valence-corrected chi connectivity index (χ3v) is 7.25. The fraction of sp³-hybridized carbons (Fsp3) is 0.286. The van der Waals surface area contributed by atoms with E-state index in [9.17, 15) is 13.2 Å². The molecule has 0 radical (unpaired) electrons. The van der Waals surface area contributed by atoms with E-state index in [0.717, 1.165) is 10.8 Å². The van der Waals surface area contributed by atoms with E-state index in [0.29, 0.717) is 31.1 Å². The molecule has 2 aromatic carbocycles. The molecule has 0 saturated carbocycles. The van der Waals surface area contributed by atoms with E-state index in [1.165, 1.54) is 4.31 Å². The first-order valence-corrected chi connectivity index (χ1v) is 11.2. The molecule has 0 unspecified atom stereocenters. The number of rotatable bonds is 5. The second-order valence-corrected chi connectivity index (χ2v) is 9.12. The lowest BCUT2D eigenvalue weighted by molar-refractivity contribution is -0.121. The summed E-state index contributed by atoms with van der Waals surface area (Å²) in [6, 6.07) is 14.1. The van der Waals surface area contributed by atoms with Crippen LogP contribution in [0.5, 0.6) is 0 Å². The SMILES string of the molecule is C[C@H](C(=O)Nc1ncccn1)N1CCN(S(=O)(=O)c2ccc3ccccc3c2)CC1. The van der Waals surface area contributed by atoms with Crippen molar-refractivity contribution in [2.45, 2.75) is 17.9 Å². The lowest BCUT2D eigenvalue weighted by atomic mass is 10.1. The first kappa shape index (κ1) is 20.4. The van der Waals surface area contributed by atoms with Crippen LogP contribution in [0.4, 0.5) is 5.95 Å². The number of aromatic nitrogens is 2. The number of nitrogens with one attached hydrogen (secondary N) is 1. The van der Waals surface area contributed by atoms with Crippen molar-refractivity contribution in [2.75, 3.05) is 31.5 Å². The Morgan fingerprint density at radius 2 is 1.63 bits per heavy atom. The number of hydrogen-bond acceptors (Lipinski definition) is 6. The third kappa shape index (κ3) is 4.18. The van der Waals surface area contributed by atoms with Crippen LogP contribution in [0.1, 0.15) is 6.92 Å². The monoisotopic (exact) mass is 425 g/mol. The van der Waals surface area contributed by atoms with Crippen LogP contribution in [0.15, 0.2) is 65.8 Å². The number of nitrogens with zero attached hydrogens (tertiary/aromatic N) is 4. The maximum atomic E-state index is 13.1. The molecule has 4 rings (SSSR count). The van der Waals surface area contributed by atoms with Crippen LogP contribution >= 0.6 is 0 Å². The molecule has 156 valence electrons. The Morgan fingerprint density at radius 1 is 0.967 bits per heavy atom. The molecule has 9 heteroatoms. The highest BCUT2D eigenvalue weighted by Crippen LogP contribution is 2.23. The largest absolute Gasteiger partial charge is 0.293 e. The number of piperazine rings is 1. The van der Waals surface area contributed by atoms with Gasteiger partial charge in [-0.25, -0.2) is 18.4 Å². The number of sulfonamides is 1. The summed E-state index contributed by atoms with van der Waals surface area (Å²) in [7, 11) is -3.59. The number of hydrogen-bond donors (Lipinski definition) is 1. The van der Waals surface area contributed by atoms with E-state index in [1.54, 1.807) is 37.5 Å². The van der Waals surface area contributed by atoms with E-state index in [4.69, 9.17) is 0 Å². The van der Waals surface area contributed by atoms with Crippen molar-refractivity contribution in [3.63, 3.8) is 0 Å². The van der Waals surface area contributed by atoms with E-state index in [-0.39, 0.29) is 11.9 Å². The smallest absolute Gasteiger partial charge is 0.243 e. The standard InChI is InChI=1S/C21H23N5O3S/c1-16(20(27)24-21-22-9-4-10-23-21)25-11-13-26(14-12-25)30(28,29)19-8-7-17-5-2-3-6-18(17)15-19/h2-10,15-16H,11-14H2,1H3,(H,22,23,24,27)/t16-/m1/s1.